The van der Waals surface area contributed by atoms with E-state index in [-0.39, 0.29) is 5.56 Å². The molecule has 0 spiro atoms. The van der Waals surface area contributed by atoms with Crippen molar-refractivity contribution in [2.45, 2.75) is 26.1 Å². The van der Waals surface area contributed by atoms with E-state index >= 15 is 0 Å². The molecule has 3 aromatic carbocycles. The van der Waals surface area contributed by atoms with Crippen molar-refractivity contribution in [2.24, 2.45) is 5.92 Å². The third kappa shape index (κ3) is 4.45. The van der Waals surface area contributed by atoms with Gasteiger partial charge >= 0.3 is 0 Å². The van der Waals surface area contributed by atoms with Gasteiger partial charge in [-0.25, -0.2) is 8.78 Å². The average Bonchev–Trinajstić information content (AvgIpc) is 2.79. The van der Waals surface area contributed by atoms with Crippen molar-refractivity contribution in [3.05, 3.63) is 77.6 Å². The summed E-state index contributed by atoms with van der Waals surface area (Å²) in [5, 5.41) is 9.28. The first kappa shape index (κ1) is 21.4. The highest BCUT2D eigenvalue weighted by atomic mass is 19.2. The molecule has 0 aliphatic carbocycles. The number of rotatable bonds is 5. The minimum atomic E-state index is -1.28. The van der Waals surface area contributed by atoms with E-state index in [0.717, 1.165) is 24.5 Å². The Hall–Kier alpha value is -2.83. The van der Waals surface area contributed by atoms with Crippen molar-refractivity contribution in [3.63, 3.8) is 0 Å². The summed E-state index contributed by atoms with van der Waals surface area (Å²) < 4.78 is 53.9. The molecule has 6 heteroatoms. The standard InChI is InChI=1S/C25H23F3O3/c1-2-3-15-13-30-25(31-14-15)20-9-8-18(12-21(20)26)16-4-6-17(7-5-16)19-10-11-22(29)24(28)23(19)27/h4-12,15,25,29H,2-3,13-14H2,1H3. The van der Waals surface area contributed by atoms with Crippen molar-refractivity contribution < 1.29 is 27.8 Å². The zero-order valence-corrected chi connectivity index (χ0v) is 17.1. The van der Waals surface area contributed by atoms with Crippen LogP contribution in [0.2, 0.25) is 0 Å². The van der Waals surface area contributed by atoms with Crippen molar-refractivity contribution in [2.75, 3.05) is 13.2 Å². The fourth-order valence-electron chi connectivity index (χ4n) is 3.80. The van der Waals surface area contributed by atoms with Gasteiger partial charge in [0.25, 0.3) is 0 Å². The van der Waals surface area contributed by atoms with Gasteiger partial charge in [0, 0.05) is 17.0 Å². The van der Waals surface area contributed by atoms with Crippen LogP contribution in [0.25, 0.3) is 22.3 Å². The minimum absolute atomic E-state index is 0.0383. The summed E-state index contributed by atoms with van der Waals surface area (Å²) in [5.41, 5.74) is 2.21. The molecule has 0 aromatic heterocycles. The van der Waals surface area contributed by atoms with E-state index < -0.39 is 29.5 Å². The number of phenolic OH excluding ortho intramolecular Hbond substituents is 1. The fraction of sp³-hybridized carbons (Fsp3) is 0.280. The third-order valence-corrected chi connectivity index (χ3v) is 5.51. The second-order valence-corrected chi connectivity index (χ2v) is 7.73. The molecule has 3 nitrogen and oxygen atoms in total. The quantitative estimate of drug-likeness (QED) is 0.497. The number of benzene rings is 3. The second kappa shape index (κ2) is 9.12. The van der Waals surface area contributed by atoms with Crippen LogP contribution in [0.1, 0.15) is 31.6 Å². The van der Waals surface area contributed by atoms with Crippen LogP contribution in [0.5, 0.6) is 5.75 Å². The van der Waals surface area contributed by atoms with E-state index in [1.807, 2.05) is 0 Å². The average molecular weight is 428 g/mol. The summed E-state index contributed by atoms with van der Waals surface area (Å²) in [7, 11) is 0. The largest absolute Gasteiger partial charge is 0.505 e. The van der Waals surface area contributed by atoms with Gasteiger partial charge in [-0.1, -0.05) is 49.7 Å². The van der Waals surface area contributed by atoms with Crippen LogP contribution in [0.3, 0.4) is 0 Å². The van der Waals surface area contributed by atoms with Crippen molar-refractivity contribution >= 4 is 0 Å². The normalized spacial score (nSPS) is 18.8. The number of halogens is 3. The lowest BCUT2D eigenvalue weighted by molar-refractivity contribution is -0.207. The molecule has 1 fully saturated rings. The Morgan fingerprint density at radius 1 is 0.839 bits per heavy atom. The van der Waals surface area contributed by atoms with Crippen molar-refractivity contribution in [1.82, 2.24) is 0 Å². The SMILES string of the molecule is CCCC1COC(c2ccc(-c3ccc(-c4ccc(O)c(F)c4F)cc3)cc2F)OC1. The summed E-state index contributed by atoms with van der Waals surface area (Å²) in [4.78, 5) is 0. The van der Waals surface area contributed by atoms with E-state index in [1.165, 1.54) is 12.1 Å². The van der Waals surface area contributed by atoms with Gasteiger partial charge in [0.2, 0.25) is 5.82 Å². The first-order valence-corrected chi connectivity index (χ1v) is 10.3. The molecule has 3 aromatic rings. The smallest absolute Gasteiger partial charge is 0.200 e. The van der Waals surface area contributed by atoms with Gasteiger partial charge in [-0.15, -0.1) is 0 Å². The summed E-state index contributed by atoms with van der Waals surface area (Å²) in [6.07, 6.45) is 1.36. The van der Waals surface area contributed by atoms with Gasteiger partial charge in [0.15, 0.2) is 17.9 Å². The van der Waals surface area contributed by atoms with Crippen LogP contribution in [-0.2, 0) is 9.47 Å². The molecular formula is C25H23F3O3. The Balaban J connectivity index is 1.52. The highest BCUT2D eigenvalue weighted by Crippen LogP contribution is 2.33. The zero-order valence-electron chi connectivity index (χ0n) is 17.1. The Morgan fingerprint density at radius 3 is 2.13 bits per heavy atom. The predicted octanol–water partition coefficient (Wildman–Crippen LogP) is 6.61. The lowest BCUT2D eigenvalue weighted by Crippen LogP contribution is -2.27. The van der Waals surface area contributed by atoms with Gasteiger partial charge < -0.3 is 14.6 Å². The number of ether oxygens (including phenoxy) is 2. The van der Waals surface area contributed by atoms with E-state index in [1.54, 1.807) is 36.4 Å². The molecule has 0 amide bonds. The lowest BCUT2D eigenvalue weighted by Gasteiger charge is -2.29. The molecular weight excluding hydrogens is 405 g/mol. The Labute approximate surface area is 179 Å². The van der Waals surface area contributed by atoms with Gasteiger partial charge in [-0.05, 0) is 41.3 Å². The number of hydrogen-bond donors (Lipinski definition) is 1. The maximum absolute atomic E-state index is 14.8. The first-order chi connectivity index (χ1) is 15.0. The topological polar surface area (TPSA) is 38.7 Å². The minimum Gasteiger partial charge on any atom is -0.505 e. The van der Waals surface area contributed by atoms with Gasteiger partial charge in [-0.2, -0.15) is 4.39 Å². The molecule has 1 aliphatic rings. The molecule has 4 rings (SSSR count). The summed E-state index contributed by atoms with van der Waals surface area (Å²) in [6, 6.07) is 13.9. The molecule has 0 unspecified atom stereocenters. The molecule has 162 valence electrons. The highest BCUT2D eigenvalue weighted by Gasteiger charge is 2.25. The van der Waals surface area contributed by atoms with Crippen LogP contribution < -0.4 is 0 Å². The second-order valence-electron chi connectivity index (χ2n) is 7.73. The number of phenols is 1. The van der Waals surface area contributed by atoms with Crippen LogP contribution in [-0.4, -0.2) is 18.3 Å². The third-order valence-electron chi connectivity index (χ3n) is 5.51. The molecule has 0 saturated carbocycles. The molecule has 1 N–H and O–H groups in total. The van der Waals surface area contributed by atoms with Gasteiger partial charge in [-0.3, -0.25) is 0 Å². The lowest BCUT2D eigenvalue weighted by atomic mass is 9.98. The zero-order chi connectivity index (χ0) is 22.0. The predicted molar refractivity (Wildman–Crippen MR) is 112 cm³/mol. The highest BCUT2D eigenvalue weighted by molar-refractivity contribution is 5.71. The summed E-state index contributed by atoms with van der Waals surface area (Å²) in [5.74, 6) is -3.22. The molecule has 1 saturated heterocycles. The monoisotopic (exact) mass is 428 g/mol. The Kier molecular flexibility index (Phi) is 6.30. The van der Waals surface area contributed by atoms with Crippen molar-refractivity contribution in [3.8, 4) is 28.0 Å². The number of aromatic hydroxyl groups is 1. The molecule has 0 radical (unpaired) electrons. The Morgan fingerprint density at radius 2 is 1.48 bits per heavy atom. The maximum Gasteiger partial charge on any atom is 0.200 e. The molecule has 0 bridgehead atoms. The maximum atomic E-state index is 14.8. The molecule has 0 atom stereocenters. The Bertz CT molecular complexity index is 1060. The summed E-state index contributed by atoms with van der Waals surface area (Å²) >= 11 is 0. The van der Waals surface area contributed by atoms with E-state index in [9.17, 15) is 18.3 Å². The van der Waals surface area contributed by atoms with Crippen LogP contribution in [0.4, 0.5) is 13.2 Å². The molecule has 1 heterocycles. The number of hydrogen-bond acceptors (Lipinski definition) is 3. The van der Waals surface area contributed by atoms with Gasteiger partial charge in [0.05, 0.1) is 13.2 Å². The van der Waals surface area contributed by atoms with Crippen LogP contribution in [0.15, 0.2) is 54.6 Å². The fourth-order valence-corrected chi connectivity index (χ4v) is 3.80. The molecule has 1 aliphatic heterocycles. The van der Waals surface area contributed by atoms with E-state index in [2.05, 4.69) is 6.92 Å². The van der Waals surface area contributed by atoms with Crippen molar-refractivity contribution in [1.29, 1.82) is 0 Å². The molecule has 31 heavy (non-hydrogen) atoms. The summed E-state index contributed by atoms with van der Waals surface area (Å²) in [6.45, 7) is 3.21. The first-order valence-electron chi connectivity index (χ1n) is 10.3. The van der Waals surface area contributed by atoms with Crippen LogP contribution in [0, 0.1) is 23.4 Å². The van der Waals surface area contributed by atoms with Crippen LogP contribution >= 0.6 is 0 Å². The van der Waals surface area contributed by atoms with E-state index in [0.29, 0.717) is 35.8 Å². The van der Waals surface area contributed by atoms with E-state index in [4.69, 9.17) is 9.47 Å². The van der Waals surface area contributed by atoms with Gasteiger partial charge in [0.1, 0.15) is 5.82 Å².